The first-order valence-electron chi connectivity index (χ1n) is 13.5. The lowest BCUT2D eigenvalue weighted by molar-refractivity contribution is -0.139. The summed E-state index contributed by atoms with van der Waals surface area (Å²) in [6, 6.07) is 29.5. The molecule has 7 heteroatoms. The molecule has 0 spiro atoms. The van der Waals surface area contributed by atoms with E-state index in [0.29, 0.717) is 22.7 Å². The van der Waals surface area contributed by atoms with Gasteiger partial charge in [0.05, 0.1) is 20.6 Å². The predicted molar refractivity (Wildman–Crippen MR) is 164 cm³/mol. The lowest BCUT2D eigenvalue weighted by Gasteiger charge is -2.32. The van der Waals surface area contributed by atoms with Crippen molar-refractivity contribution in [3.05, 3.63) is 119 Å². The van der Waals surface area contributed by atoms with Crippen molar-refractivity contribution in [2.75, 3.05) is 38.5 Å². The molecule has 2 amide bonds. The van der Waals surface area contributed by atoms with Gasteiger partial charge in [0.15, 0.2) is 11.5 Å². The van der Waals surface area contributed by atoms with Gasteiger partial charge in [0.1, 0.15) is 6.04 Å². The number of benzene rings is 4. The standard InChI is InChI=1S/C34H37N3O4/c1-24-11-13-26(14-12-24)23-37(32(38)21-25-9-7-6-8-10-25)33(27-15-20-30(40-4)31(22-27)41-5)34(39)35-28-16-18-29(19-17-28)36(2)3/h6-20,22,33H,21,23H2,1-5H3,(H,35,39). The molecule has 7 nitrogen and oxygen atoms in total. The molecule has 0 saturated heterocycles. The Morgan fingerprint density at radius 3 is 2.05 bits per heavy atom. The second kappa shape index (κ2) is 13.5. The molecule has 0 heterocycles. The van der Waals surface area contributed by atoms with Gasteiger partial charge < -0.3 is 24.6 Å². The van der Waals surface area contributed by atoms with Crippen LogP contribution in [0.2, 0.25) is 0 Å². The minimum Gasteiger partial charge on any atom is -0.493 e. The second-order valence-corrected chi connectivity index (χ2v) is 10.1. The number of nitrogens with zero attached hydrogens (tertiary/aromatic N) is 2. The number of anilines is 2. The highest BCUT2D eigenvalue weighted by atomic mass is 16.5. The molecule has 4 rings (SSSR count). The first-order chi connectivity index (χ1) is 19.8. The van der Waals surface area contributed by atoms with Gasteiger partial charge in [0.25, 0.3) is 5.91 Å². The summed E-state index contributed by atoms with van der Waals surface area (Å²) in [6.45, 7) is 2.27. The third kappa shape index (κ3) is 7.45. The third-order valence-corrected chi connectivity index (χ3v) is 6.93. The summed E-state index contributed by atoms with van der Waals surface area (Å²) in [7, 11) is 7.03. The van der Waals surface area contributed by atoms with E-state index in [-0.39, 0.29) is 24.8 Å². The topological polar surface area (TPSA) is 71.1 Å². The van der Waals surface area contributed by atoms with Crippen molar-refractivity contribution in [3.8, 4) is 11.5 Å². The minimum atomic E-state index is -0.944. The van der Waals surface area contributed by atoms with Gasteiger partial charge in [-0.25, -0.2) is 0 Å². The highest BCUT2D eigenvalue weighted by molar-refractivity contribution is 5.98. The molecule has 0 radical (unpaired) electrons. The average Bonchev–Trinajstić information content (AvgIpc) is 2.98. The first kappa shape index (κ1) is 29.2. The van der Waals surface area contributed by atoms with Gasteiger partial charge in [-0.3, -0.25) is 9.59 Å². The van der Waals surface area contributed by atoms with Crippen LogP contribution >= 0.6 is 0 Å². The molecule has 1 unspecified atom stereocenters. The summed E-state index contributed by atoms with van der Waals surface area (Å²) in [5, 5.41) is 3.04. The van der Waals surface area contributed by atoms with Gasteiger partial charge in [-0.05, 0) is 60.0 Å². The Kier molecular flexibility index (Phi) is 9.64. The van der Waals surface area contributed by atoms with Crippen molar-refractivity contribution in [2.45, 2.75) is 25.9 Å². The Morgan fingerprint density at radius 1 is 0.780 bits per heavy atom. The number of amides is 2. The molecular weight excluding hydrogens is 514 g/mol. The van der Waals surface area contributed by atoms with Crippen LogP contribution < -0.4 is 19.7 Å². The quantitative estimate of drug-likeness (QED) is 0.247. The van der Waals surface area contributed by atoms with Crippen LogP contribution in [0.3, 0.4) is 0 Å². The number of carbonyl (C=O) groups excluding carboxylic acids is 2. The lowest BCUT2D eigenvalue weighted by atomic mass is 10.0. The van der Waals surface area contributed by atoms with Gasteiger partial charge in [0.2, 0.25) is 5.91 Å². The molecule has 1 atom stereocenters. The first-order valence-corrected chi connectivity index (χ1v) is 13.5. The summed E-state index contributed by atoms with van der Waals surface area (Å²) in [5.41, 5.74) is 5.17. The van der Waals surface area contributed by atoms with E-state index in [1.165, 1.54) is 0 Å². The summed E-state index contributed by atoms with van der Waals surface area (Å²) >= 11 is 0. The summed E-state index contributed by atoms with van der Waals surface area (Å²) in [5.74, 6) is 0.511. The summed E-state index contributed by atoms with van der Waals surface area (Å²) in [4.78, 5) is 31.8. The van der Waals surface area contributed by atoms with Gasteiger partial charge in [-0.2, -0.15) is 0 Å². The zero-order valence-electron chi connectivity index (χ0n) is 24.3. The molecule has 0 aliphatic heterocycles. The summed E-state index contributed by atoms with van der Waals surface area (Å²) in [6.07, 6.45) is 0.154. The van der Waals surface area contributed by atoms with Gasteiger partial charge in [-0.15, -0.1) is 0 Å². The van der Waals surface area contributed by atoms with E-state index in [1.807, 2.05) is 105 Å². The maximum Gasteiger partial charge on any atom is 0.251 e. The largest absolute Gasteiger partial charge is 0.493 e. The molecule has 4 aromatic rings. The molecular formula is C34H37N3O4. The van der Waals surface area contributed by atoms with Crippen LogP contribution in [0.1, 0.15) is 28.3 Å². The van der Waals surface area contributed by atoms with Crippen LogP contribution in [0.25, 0.3) is 0 Å². The Bertz CT molecular complexity index is 1450. The van der Waals surface area contributed by atoms with E-state index >= 15 is 0 Å². The normalized spacial score (nSPS) is 11.3. The van der Waals surface area contributed by atoms with Crippen molar-refractivity contribution in [3.63, 3.8) is 0 Å². The third-order valence-electron chi connectivity index (χ3n) is 6.93. The molecule has 0 aliphatic carbocycles. The molecule has 4 aromatic carbocycles. The number of methoxy groups -OCH3 is 2. The lowest BCUT2D eigenvalue weighted by Crippen LogP contribution is -2.41. The number of rotatable bonds is 11. The minimum absolute atomic E-state index is 0.154. The molecule has 0 bridgehead atoms. The monoisotopic (exact) mass is 551 g/mol. The average molecular weight is 552 g/mol. The van der Waals surface area contributed by atoms with Crippen molar-refractivity contribution in [2.24, 2.45) is 0 Å². The van der Waals surface area contributed by atoms with Crippen LogP contribution in [-0.2, 0) is 22.6 Å². The molecule has 1 N–H and O–H groups in total. The van der Waals surface area contributed by atoms with Crippen molar-refractivity contribution >= 4 is 23.2 Å². The van der Waals surface area contributed by atoms with Crippen LogP contribution in [0.5, 0.6) is 11.5 Å². The van der Waals surface area contributed by atoms with Crippen molar-refractivity contribution in [1.29, 1.82) is 0 Å². The van der Waals surface area contributed by atoms with Gasteiger partial charge >= 0.3 is 0 Å². The fourth-order valence-electron chi connectivity index (χ4n) is 4.63. The zero-order valence-corrected chi connectivity index (χ0v) is 24.3. The zero-order chi connectivity index (χ0) is 29.4. The number of hydrogen-bond donors (Lipinski definition) is 1. The Balaban J connectivity index is 1.78. The highest BCUT2D eigenvalue weighted by Gasteiger charge is 2.32. The van der Waals surface area contributed by atoms with E-state index in [2.05, 4.69) is 5.32 Å². The Hall–Kier alpha value is -4.78. The van der Waals surface area contributed by atoms with E-state index in [0.717, 1.165) is 22.4 Å². The van der Waals surface area contributed by atoms with Crippen LogP contribution in [0, 0.1) is 6.92 Å². The number of carbonyl (C=O) groups is 2. The number of ether oxygens (including phenoxy) is 2. The van der Waals surface area contributed by atoms with Crippen molar-refractivity contribution < 1.29 is 19.1 Å². The molecule has 0 fully saturated rings. The second-order valence-electron chi connectivity index (χ2n) is 10.1. The van der Waals surface area contributed by atoms with E-state index in [1.54, 1.807) is 37.3 Å². The molecule has 0 aliphatic rings. The number of hydrogen-bond acceptors (Lipinski definition) is 5. The fourth-order valence-corrected chi connectivity index (χ4v) is 4.63. The van der Waals surface area contributed by atoms with Crippen LogP contribution in [0.15, 0.2) is 97.1 Å². The number of aryl methyl sites for hydroxylation is 1. The Labute approximate surface area is 242 Å². The number of nitrogens with one attached hydrogen (secondary N) is 1. The van der Waals surface area contributed by atoms with E-state index in [4.69, 9.17) is 9.47 Å². The smallest absolute Gasteiger partial charge is 0.251 e. The van der Waals surface area contributed by atoms with Gasteiger partial charge in [0, 0.05) is 32.0 Å². The molecule has 0 aromatic heterocycles. The van der Waals surface area contributed by atoms with Crippen molar-refractivity contribution in [1.82, 2.24) is 4.90 Å². The molecule has 0 saturated carbocycles. The maximum absolute atomic E-state index is 14.1. The Morgan fingerprint density at radius 2 is 1.44 bits per heavy atom. The maximum atomic E-state index is 14.1. The molecule has 212 valence electrons. The van der Waals surface area contributed by atoms with E-state index in [9.17, 15) is 9.59 Å². The van der Waals surface area contributed by atoms with E-state index < -0.39 is 6.04 Å². The predicted octanol–water partition coefficient (Wildman–Crippen LogP) is 6.03. The SMILES string of the molecule is COc1ccc(C(C(=O)Nc2ccc(N(C)C)cc2)N(Cc2ccc(C)cc2)C(=O)Cc2ccccc2)cc1OC. The van der Waals surface area contributed by atoms with Crippen LogP contribution in [0.4, 0.5) is 11.4 Å². The highest BCUT2D eigenvalue weighted by Crippen LogP contribution is 2.34. The summed E-state index contributed by atoms with van der Waals surface area (Å²) < 4.78 is 11.0. The van der Waals surface area contributed by atoms with Crippen LogP contribution in [-0.4, -0.2) is 45.0 Å². The fraction of sp³-hybridized carbons (Fsp3) is 0.235. The molecule has 41 heavy (non-hydrogen) atoms. The van der Waals surface area contributed by atoms with Gasteiger partial charge in [-0.1, -0.05) is 66.2 Å².